The SMILES string of the molecule is CC(C)(C)[Si](C)(C)OC1CCC(CNC2[C@@H]3CC4C[C@H]2CC(CNc2nc(NCc5ccccc5OC(F)(F)F)ncc2[N+](=O)[O-])(C4)C3)CC1. The molecule has 1 aromatic carbocycles. The molecule has 5 atom stereocenters. The fourth-order valence-electron chi connectivity index (χ4n) is 9.14. The number of anilines is 2. The van der Waals surface area contributed by atoms with Crippen LogP contribution in [0.1, 0.15) is 84.1 Å². The van der Waals surface area contributed by atoms with E-state index in [0.29, 0.717) is 42.4 Å². The predicted octanol–water partition coefficient (Wildman–Crippen LogP) is 8.67. The minimum absolute atomic E-state index is 0.0497. The number of para-hydroxylation sites is 1. The maximum atomic E-state index is 12.9. The van der Waals surface area contributed by atoms with E-state index >= 15 is 0 Å². The lowest BCUT2D eigenvalue weighted by Crippen LogP contribution is -2.60. The molecule has 3 unspecified atom stereocenters. The molecule has 0 radical (unpaired) electrons. The minimum atomic E-state index is -4.83. The maximum Gasteiger partial charge on any atom is 0.573 e. The van der Waals surface area contributed by atoms with Gasteiger partial charge in [0.2, 0.25) is 11.8 Å². The number of nitrogens with one attached hydrogen (secondary N) is 3. The molecule has 5 fully saturated rings. The summed E-state index contributed by atoms with van der Waals surface area (Å²) >= 11 is 0. The Labute approximate surface area is 294 Å². The Kier molecular flexibility index (Phi) is 10.5. The molecule has 0 spiro atoms. The van der Waals surface area contributed by atoms with E-state index < -0.39 is 19.6 Å². The summed E-state index contributed by atoms with van der Waals surface area (Å²) in [4.78, 5) is 19.9. The molecule has 50 heavy (non-hydrogen) atoms. The van der Waals surface area contributed by atoms with Crippen molar-refractivity contribution in [3.8, 4) is 5.75 Å². The number of benzene rings is 1. The highest BCUT2D eigenvalue weighted by molar-refractivity contribution is 6.74. The molecule has 0 aliphatic heterocycles. The smallest absolute Gasteiger partial charge is 0.414 e. The molecule has 5 aliphatic rings. The third kappa shape index (κ3) is 8.55. The molecule has 5 aliphatic carbocycles. The van der Waals surface area contributed by atoms with Crippen molar-refractivity contribution in [2.24, 2.45) is 29.1 Å². The average molecular weight is 719 g/mol. The van der Waals surface area contributed by atoms with Crippen molar-refractivity contribution in [1.29, 1.82) is 0 Å². The fourth-order valence-corrected chi connectivity index (χ4v) is 10.6. The van der Waals surface area contributed by atoms with Crippen molar-refractivity contribution in [2.45, 2.75) is 122 Å². The van der Waals surface area contributed by atoms with Crippen LogP contribution in [0, 0.1) is 39.2 Å². The average Bonchev–Trinajstić information content (AvgIpc) is 3.02. The van der Waals surface area contributed by atoms with Crippen molar-refractivity contribution in [3.05, 3.63) is 46.1 Å². The summed E-state index contributed by atoms with van der Waals surface area (Å²) in [6.07, 6.45) is 7.20. The normalized spacial score (nSPS) is 29.5. The number of aromatic nitrogens is 2. The van der Waals surface area contributed by atoms with Gasteiger partial charge in [0, 0.05) is 30.8 Å². The van der Waals surface area contributed by atoms with Gasteiger partial charge >= 0.3 is 12.0 Å². The van der Waals surface area contributed by atoms with E-state index in [2.05, 4.69) is 64.5 Å². The van der Waals surface area contributed by atoms with Gasteiger partial charge in [0.25, 0.3) is 0 Å². The van der Waals surface area contributed by atoms with E-state index in [1.807, 2.05) is 0 Å². The van der Waals surface area contributed by atoms with Crippen molar-refractivity contribution >= 4 is 25.8 Å². The molecule has 276 valence electrons. The monoisotopic (exact) mass is 718 g/mol. The van der Waals surface area contributed by atoms with Crippen LogP contribution >= 0.6 is 0 Å². The summed E-state index contributed by atoms with van der Waals surface area (Å²) in [6.45, 7) is 13.2. The van der Waals surface area contributed by atoms with Gasteiger partial charge in [-0.25, -0.2) is 4.98 Å². The number of nitro groups is 1. The minimum Gasteiger partial charge on any atom is -0.414 e. The molecular formula is C36H53F3N6O4Si. The van der Waals surface area contributed by atoms with Crippen LogP contribution in [-0.2, 0) is 11.0 Å². The van der Waals surface area contributed by atoms with E-state index in [9.17, 15) is 23.3 Å². The van der Waals surface area contributed by atoms with Crippen molar-refractivity contribution in [2.75, 3.05) is 23.7 Å². The van der Waals surface area contributed by atoms with Gasteiger partial charge in [-0.1, -0.05) is 39.0 Å². The van der Waals surface area contributed by atoms with Crippen LogP contribution in [0.5, 0.6) is 5.75 Å². The highest BCUT2D eigenvalue weighted by atomic mass is 28.4. The first kappa shape index (κ1) is 36.8. The second-order valence-corrected chi connectivity index (χ2v) is 21.7. The number of nitrogens with zero attached hydrogens (tertiary/aromatic N) is 3. The molecule has 3 N–H and O–H groups in total. The zero-order valence-corrected chi connectivity index (χ0v) is 30.9. The zero-order valence-electron chi connectivity index (χ0n) is 29.9. The number of hydrogen-bond donors (Lipinski definition) is 3. The first-order chi connectivity index (χ1) is 23.5. The summed E-state index contributed by atoms with van der Waals surface area (Å²) in [5.41, 5.74) is 0.0695. The van der Waals surface area contributed by atoms with E-state index in [1.54, 1.807) is 6.07 Å². The zero-order chi connectivity index (χ0) is 35.9. The molecule has 7 rings (SSSR count). The summed E-state index contributed by atoms with van der Waals surface area (Å²) in [5, 5.41) is 22.4. The number of ether oxygens (including phenoxy) is 1. The first-order valence-electron chi connectivity index (χ1n) is 18.2. The largest absolute Gasteiger partial charge is 0.573 e. The lowest BCUT2D eigenvalue weighted by Gasteiger charge is -2.60. The Hall–Kier alpha value is -2.97. The second kappa shape index (κ2) is 14.2. The van der Waals surface area contributed by atoms with Crippen LogP contribution in [-0.4, -0.2) is 54.8 Å². The highest BCUT2D eigenvalue weighted by Crippen LogP contribution is 2.60. The van der Waals surface area contributed by atoms with E-state index in [-0.39, 0.29) is 45.8 Å². The molecule has 0 saturated heterocycles. The number of rotatable bonds is 13. The van der Waals surface area contributed by atoms with Crippen molar-refractivity contribution < 1.29 is 27.3 Å². The topological polar surface area (TPSA) is 123 Å². The van der Waals surface area contributed by atoms with Crippen LogP contribution in [0.4, 0.5) is 30.6 Å². The Bertz CT molecular complexity index is 1500. The summed E-state index contributed by atoms with van der Waals surface area (Å²) < 4.78 is 49.5. The second-order valence-electron chi connectivity index (χ2n) is 17.0. The Morgan fingerprint density at radius 2 is 1.70 bits per heavy atom. The van der Waals surface area contributed by atoms with Crippen LogP contribution in [0.2, 0.25) is 18.1 Å². The summed E-state index contributed by atoms with van der Waals surface area (Å²) in [7, 11) is -1.75. The quantitative estimate of drug-likeness (QED) is 0.106. The van der Waals surface area contributed by atoms with Gasteiger partial charge in [0.1, 0.15) is 11.9 Å². The van der Waals surface area contributed by atoms with Gasteiger partial charge in [-0.3, -0.25) is 10.1 Å². The lowest BCUT2D eigenvalue weighted by atomic mass is 9.48. The summed E-state index contributed by atoms with van der Waals surface area (Å²) in [5.74, 6) is 2.42. The Morgan fingerprint density at radius 3 is 2.34 bits per heavy atom. The predicted molar refractivity (Wildman–Crippen MR) is 189 cm³/mol. The van der Waals surface area contributed by atoms with Gasteiger partial charge in [0.15, 0.2) is 8.32 Å². The molecule has 4 bridgehead atoms. The van der Waals surface area contributed by atoms with Crippen molar-refractivity contribution in [3.63, 3.8) is 0 Å². The summed E-state index contributed by atoms with van der Waals surface area (Å²) in [6, 6.07) is 6.32. The number of hydrogen-bond acceptors (Lipinski definition) is 9. The van der Waals surface area contributed by atoms with Gasteiger partial charge in [-0.2, -0.15) is 4.98 Å². The van der Waals surface area contributed by atoms with Crippen molar-refractivity contribution in [1.82, 2.24) is 15.3 Å². The lowest BCUT2D eigenvalue weighted by molar-refractivity contribution is -0.384. The maximum absolute atomic E-state index is 12.9. The standard InChI is InChI=1S/C36H53F3N6O4Si/c1-34(2,3)50(4,5)49-28-12-10-23(11-13-28)19-40-31-26-14-24-15-27(31)18-35(16-24,17-26)22-43-32-29(45(46)47)21-42-33(44-32)41-20-25-8-6-7-9-30(25)48-36(37,38)39/h6-9,21,23-24,26-28,31,40H,10-20,22H2,1-5H3,(H2,41,42,43,44)/t23?,24?,26-,27+,28?,31?,35?. The van der Waals surface area contributed by atoms with Gasteiger partial charge in [-0.05, 0) is 118 Å². The molecule has 5 saturated carbocycles. The van der Waals surface area contributed by atoms with Crippen LogP contribution in [0.3, 0.4) is 0 Å². The Balaban J connectivity index is 1.03. The molecule has 10 nitrogen and oxygen atoms in total. The fraction of sp³-hybridized carbons (Fsp3) is 0.722. The molecule has 2 aromatic rings. The van der Waals surface area contributed by atoms with E-state index in [1.165, 1.54) is 43.9 Å². The van der Waals surface area contributed by atoms with Crippen LogP contribution in [0.25, 0.3) is 0 Å². The molecule has 1 aromatic heterocycles. The number of alkyl halides is 3. The first-order valence-corrected chi connectivity index (χ1v) is 21.1. The molecule has 0 amide bonds. The third-order valence-corrected chi connectivity index (χ3v) is 16.9. The number of halogens is 3. The molecule has 14 heteroatoms. The highest BCUT2D eigenvalue weighted by Gasteiger charge is 2.55. The molecule has 1 heterocycles. The van der Waals surface area contributed by atoms with Crippen LogP contribution in [0.15, 0.2) is 30.5 Å². The molecular weight excluding hydrogens is 666 g/mol. The van der Waals surface area contributed by atoms with Crippen LogP contribution < -0.4 is 20.7 Å². The third-order valence-electron chi connectivity index (χ3n) is 12.3. The van der Waals surface area contributed by atoms with Gasteiger partial charge < -0.3 is 25.1 Å². The van der Waals surface area contributed by atoms with E-state index in [4.69, 9.17) is 4.43 Å². The van der Waals surface area contributed by atoms with E-state index in [0.717, 1.165) is 44.8 Å². The van der Waals surface area contributed by atoms with Gasteiger partial charge in [-0.15, -0.1) is 13.2 Å². The Morgan fingerprint density at radius 1 is 1.02 bits per heavy atom. The van der Waals surface area contributed by atoms with Gasteiger partial charge in [0.05, 0.1) is 4.92 Å².